The monoisotopic (exact) mass is 811 g/mol. The maximum absolute atomic E-state index is 13.7. The Balaban J connectivity index is 1.32. The van der Waals surface area contributed by atoms with E-state index in [0.29, 0.717) is 30.0 Å². The first-order chi connectivity index (χ1) is 26.1. The molecule has 1 heterocycles. The lowest BCUT2D eigenvalue weighted by Crippen LogP contribution is -2.48. The number of fused-ring (bicyclic) bond motifs is 1. The second-order valence-corrected chi connectivity index (χ2v) is 32.0. The van der Waals surface area contributed by atoms with Crippen molar-refractivity contribution in [2.75, 3.05) is 6.61 Å². The van der Waals surface area contributed by atoms with Gasteiger partial charge in [-0.1, -0.05) is 111 Å². The summed E-state index contributed by atoms with van der Waals surface area (Å²) in [5.41, 5.74) is 3.13. The molecule has 0 aromatic heterocycles. The first-order valence-corrected chi connectivity index (χ1v) is 29.2. The van der Waals surface area contributed by atoms with E-state index in [1.165, 1.54) is 37.7 Å². The SMILES string of the molecule is CCCCCC(=O)C1(C(/C=C/[C@@H](C)[C@H]2CC[C@H]3/C(=C/C=C4C[C@@H](O[Si](C)(C)C(C)(C)C)C[C@H](O[Si](C)(C)C(C)(C)C)C4)CCC[C@]23C)OC2CCCCO2)CC1. The standard InChI is InChI=1S/C49H86O5Si2/c1-14-15-16-21-43(50)49(30-31-49)44(52-45-22-17-18-32-51-45)28-23-36(2)41-26-27-42-38(20-19-29-48(41,42)9)25-24-37-33-39(53-55(10,11)46(3,4)5)35-40(34-37)54-56(12,13)47(6,7)8/h23-25,28,36,39-42,44-45H,14-22,26-27,29-35H2,1-13H3/b28-23+,38-25+/t36-,39-,40-,41-,42+,44?,45?,48-/m1/s1. The summed E-state index contributed by atoms with van der Waals surface area (Å²) >= 11 is 0. The van der Waals surface area contributed by atoms with Crippen molar-refractivity contribution in [3.63, 3.8) is 0 Å². The third-order valence-corrected chi connectivity index (χ3v) is 25.2. The van der Waals surface area contributed by atoms with Crippen molar-refractivity contribution in [3.8, 4) is 0 Å². The normalized spacial score (nSPS) is 32.1. The topological polar surface area (TPSA) is 54.0 Å². The van der Waals surface area contributed by atoms with Crippen molar-refractivity contribution in [1.82, 2.24) is 0 Å². The van der Waals surface area contributed by atoms with E-state index < -0.39 is 16.6 Å². The Hall–Kier alpha value is -0.836. The van der Waals surface area contributed by atoms with Crippen LogP contribution in [0.1, 0.15) is 171 Å². The number of ketones is 1. The number of hydrogen-bond donors (Lipinski definition) is 0. The van der Waals surface area contributed by atoms with Crippen LogP contribution in [0.3, 0.4) is 0 Å². The fraction of sp³-hybridized carbons (Fsp3) is 0.857. The number of carbonyl (C=O) groups is 1. The van der Waals surface area contributed by atoms with Crippen LogP contribution in [0.15, 0.2) is 35.5 Å². The highest BCUT2D eigenvalue weighted by molar-refractivity contribution is 6.74. The van der Waals surface area contributed by atoms with Crippen LogP contribution < -0.4 is 0 Å². The fourth-order valence-electron chi connectivity index (χ4n) is 10.4. The molecule has 0 amide bonds. The molecule has 7 heteroatoms. The zero-order valence-electron chi connectivity index (χ0n) is 38.6. The van der Waals surface area contributed by atoms with E-state index in [-0.39, 0.29) is 45.5 Å². The zero-order valence-corrected chi connectivity index (χ0v) is 40.6. The van der Waals surface area contributed by atoms with Gasteiger partial charge in [-0.2, -0.15) is 0 Å². The zero-order chi connectivity index (χ0) is 41.2. The van der Waals surface area contributed by atoms with Crippen molar-refractivity contribution in [2.45, 2.75) is 232 Å². The first-order valence-electron chi connectivity index (χ1n) is 23.3. The predicted molar refractivity (Wildman–Crippen MR) is 240 cm³/mol. The number of carbonyl (C=O) groups excluding carboxylic acids is 1. The molecule has 320 valence electrons. The summed E-state index contributed by atoms with van der Waals surface area (Å²) in [6, 6.07) is 0. The molecule has 1 aliphatic heterocycles. The second kappa shape index (κ2) is 18.4. The van der Waals surface area contributed by atoms with Crippen molar-refractivity contribution < 1.29 is 23.1 Å². The third kappa shape index (κ3) is 10.9. The van der Waals surface area contributed by atoms with Gasteiger partial charge >= 0.3 is 0 Å². The lowest BCUT2D eigenvalue weighted by atomic mass is 9.61. The molecular formula is C49H86O5Si2. The Morgan fingerprint density at radius 3 is 2.05 bits per heavy atom. The molecule has 5 fully saturated rings. The van der Waals surface area contributed by atoms with E-state index in [1.807, 2.05) is 0 Å². The summed E-state index contributed by atoms with van der Waals surface area (Å²) in [5.74, 6) is 2.11. The maximum atomic E-state index is 13.7. The van der Waals surface area contributed by atoms with Crippen LogP contribution in [0.2, 0.25) is 36.3 Å². The molecule has 56 heavy (non-hydrogen) atoms. The Morgan fingerprint density at radius 1 is 0.857 bits per heavy atom. The third-order valence-electron chi connectivity index (χ3n) is 16.2. The number of allylic oxidation sites excluding steroid dienone is 4. The van der Waals surface area contributed by atoms with Crippen LogP contribution in [0.5, 0.6) is 0 Å². The van der Waals surface area contributed by atoms with Gasteiger partial charge in [0, 0.05) is 13.0 Å². The molecule has 2 unspecified atom stereocenters. The highest BCUT2D eigenvalue weighted by atomic mass is 28.4. The minimum Gasteiger partial charge on any atom is -0.414 e. The van der Waals surface area contributed by atoms with Gasteiger partial charge in [-0.3, -0.25) is 4.79 Å². The van der Waals surface area contributed by atoms with Gasteiger partial charge in [0.05, 0.1) is 23.7 Å². The van der Waals surface area contributed by atoms with Crippen molar-refractivity contribution in [3.05, 3.63) is 35.5 Å². The van der Waals surface area contributed by atoms with Crippen LogP contribution in [0, 0.1) is 28.6 Å². The lowest BCUT2D eigenvalue weighted by Gasteiger charge is -2.45. The van der Waals surface area contributed by atoms with Crippen LogP contribution in [0.4, 0.5) is 0 Å². The van der Waals surface area contributed by atoms with Crippen LogP contribution in [-0.4, -0.2) is 53.6 Å². The van der Waals surface area contributed by atoms with Gasteiger partial charge in [-0.15, -0.1) is 0 Å². The van der Waals surface area contributed by atoms with Gasteiger partial charge in [-0.05, 0) is 149 Å². The van der Waals surface area contributed by atoms with Crippen LogP contribution in [0.25, 0.3) is 0 Å². The molecule has 0 radical (unpaired) electrons. The molecule has 5 rings (SSSR count). The average Bonchev–Trinajstić information content (AvgIpc) is 3.83. The van der Waals surface area contributed by atoms with Gasteiger partial charge in [0.1, 0.15) is 5.78 Å². The smallest absolute Gasteiger partial charge is 0.192 e. The van der Waals surface area contributed by atoms with E-state index in [1.54, 1.807) is 5.57 Å². The van der Waals surface area contributed by atoms with E-state index in [4.69, 9.17) is 18.3 Å². The minimum absolute atomic E-state index is 0.176. The molecule has 4 saturated carbocycles. The van der Waals surface area contributed by atoms with E-state index in [0.717, 1.165) is 77.2 Å². The number of unbranched alkanes of at least 4 members (excludes halogenated alkanes) is 2. The molecule has 0 aromatic rings. The quantitative estimate of drug-likeness (QED) is 0.0883. The van der Waals surface area contributed by atoms with E-state index in [2.05, 4.69) is 113 Å². The predicted octanol–water partition coefficient (Wildman–Crippen LogP) is 14.1. The molecule has 0 N–H and O–H groups in total. The number of hydrogen-bond acceptors (Lipinski definition) is 5. The van der Waals surface area contributed by atoms with Crippen molar-refractivity contribution in [2.24, 2.45) is 28.6 Å². The molecule has 1 saturated heterocycles. The molecular weight excluding hydrogens is 725 g/mol. The summed E-state index contributed by atoms with van der Waals surface area (Å²) in [5, 5.41) is 0.374. The second-order valence-electron chi connectivity index (χ2n) is 22.4. The molecule has 0 bridgehead atoms. The summed E-state index contributed by atoms with van der Waals surface area (Å²) in [6.07, 6.45) is 28.4. The summed E-state index contributed by atoms with van der Waals surface area (Å²) in [4.78, 5) is 13.7. The van der Waals surface area contributed by atoms with E-state index in [9.17, 15) is 4.79 Å². The van der Waals surface area contributed by atoms with Crippen LogP contribution in [-0.2, 0) is 23.1 Å². The molecule has 8 atom stereocenters. The Bertz CT molecular complexity index is 1370. The van der Waals surface area contributed by atoms with Crippen molar-refractivity contribution in [1.29, 1.82) is 0 Å². The molecule has 5 nitrogen and oxygen atoms in total. The largest absolute Gasteiger partial charge is 0.414 e. The van der Waals surface area contributed by atoms with Crippen LogP contribution >= 0.6 is 0 Å². The van der Waals surface area contributed by atoms with Gasteiger partial charge in [0.15, 0.2) is 22.9 Å². The Kier molecular flexibility index (Phi) is 15.2. The maximum Gasteiger partial charge on any atom is 0.192 e. The summed E-state index contributed by atoms with van der Waals surface area (Å²) in [7, 11) is -3.83. The summed E-state index contributed by atoms with van der Waals surface area (Å²) in [6.45, 7) is 31.8. The first kappa shape index (κ1) is 46.2. The Morgan fingerprint density at radius 2 is 1.50 bits per heavy atom. The number of ether oxygens (including phenoxy) is 2. The van der Waals surface area contributed by atoms with E-state index >= 15 is 0 Å². The highest BCUT2D eigenvalue weighted by Crippen LogP contribution is 2.60. The molecule has 5 aliphatic rings. The molecule has 4 aliphatic carbocycles. The van der Waals surface area contributed by atoms with Gasteiger partial charge in [0.25, 0.3) is 0 Å². The highest BCUT2D eigenvalue weighted by Gasteiger charge is 2.56. The molecule has 0 spiro atoms. The van der Waals surface area contributed by atoms with Gasteiger partial charge in [0.2, 0.25) is 0 Å². The summed E-state index contributed by atoms with van der Waals surface area (Å²) < 4.78 is 27.1. The number of rotatable bonds is 16. The van der Waals surface area contributed by atoms with Gasteiger partial charge < -0.3 is 18.3 Å². The lowest BCUT2D eigenvalue weighted by molar-refractivity contribution is -0.191. The minimum atomic E-state index is -1.92. The number of Topliss-reactive ketones (excluding diaryl/α,β-unsaturated/α-hetero) is 1. The molecule has 0 aromatic carbocycles. The van der Waals surface area contributed by atoms with Gasteiger partial charge in [-0.25, -0.2) is 0 Å². The Labute approximate surface area is 347 Å². The van der Waals surface area contributed by atoms with Crippen molar-refractivity contribution >= 4 is 22.4 Å². The fourth-order valence-corrected chi connectivity index (χ4v) is 13.1. The average molecular weight is 811 g/mol.